The highest BCUT2D eigenvalue weighted by Crippen LogP contribution is 2.19. The van der Waals surface area contributed by atoms with Gasteiger partial charge in [0.2, 0.25) is 5.78 Å². The Kier molecular flexibility index (Phi) is 4.68. The first-order valence-corrected chi connectivity index (χ1v) is 7.78. The highest BCUT2D eigenvalue weighted by Gasteiger charge is 2.18. The van der Waals surface area contributed by atoms with Gasteiger partial charge in [-0.05, 0) is 31.2 Å². The van der Waals surface area contributed by atoms with Gasteiger partial charge in [0, 0.05) is 25.8 Å². The van der Waals surface area contributed by atoms with Crippen molar-refractivity contribution in [2.75, 3.05) is 31.1 Å². The van der Waals surface area contributed by atoms with Gasteiger partial charge in [-0.2, -0.15) is 5.26 Å². The molecule has 2 N–H and O–H groups in total. The summed E-state index contributed by atoms with van der Waals surface area (Å²) in [5.41, 5.74) is 8.42. The van der Waals surface area contributed by atoms with Crippen molar-refractivity contribution in [1.82, 2.24) is 21.0 Å². The second-order valence-corrected chi connectivity index (χ2v) is 5.53. The van der Waals surface area contributed by atoms with Crippen LogP contribution in [0, 0.1) is 11.3 Å². The first kappa shape index (κ1) is 15.9. The van der Waals surface area contributed by atoms with E-state index >= 15 is 0 Å². The van der Waals surface area contributed by atoms with E-state index in [1.165, 1.54) is 12.3 Å². The number of pyridine rings is 2. The molecule has 1 fully saturated rings. The fourth-order valence-corrected chi connectivity index (χ4v) is 2.64. The number of aromatic nitrogens is 2. The highest BCUT2D eigenvalue weighted by molar-refractivity contribution is 6.10. The van der Waals surface area contributed by atoms with Gasteiger partial charge >= 0.3 is 0 Å². The molecule has 3 rings (SSSR count). The third kappa shape index (κ3) is 3.34. The molecular weight excluding hydrogens is 304 g/mol. The van der Waals surface area contributed by atoms with E-state index in [0.29, 0.717) is 0 Å². The van der Waals surface area contributed by atoms with Crippen LogP contribution in [0.3, 0.4) is 0 Å². The summed E-state index contributed by atoms with van der Waals surface area (Å²) in [7, 11) is 0. The minimum absolute atomic E-state index is 0.0937. The average Bonchev–Trinajstić information content (AvgIpc) is 2.91. The normalized spacial score (nSPS) is 14.7. The van der Waals surface area contributed by atoms with Crippen molar-refractivity contribution in [2.45, 2.75) is 6.42 Å². The Morgan fingerprint density at radius 2 is 2.21 bits per heavy atom. The Morgan fingerprint density at radius 3 is 3.04 bits per heavy atom. The van der Waals surface area contributed by atoms with Crippen LogP contribution < -0.4 is 16.0 Å². The predicted molar refractivity (Wildman–Crippen MR) is 89.1 cm³/mol. The number of hydrogen-bond acceptors (Lipinski definition) is 6. The Morgan fingerprint density at radius 1 is 1.33 bits per heavy atom. The largest absolute Gasteiger partial charge is 0.355 e. The zero-order valence-electron chi connectivity index (χ0n) is 13.1. The molecule has 24 heavy (non-hydrogen) atoms. The third-order valence-electron chi connectivity index (χ3n) is 3.89. The van der Waals surface area contributed by atoms with Crippen LogP contribution in [0.1, 0.15) is 28.0 Å². The molecule has 2 aromatic rings. The number of nitrogens with one attached hydrogen (secondary N) is 2. The number of rotatable bonds is 3. The zero-order valence-corrected chi connectivity index (χ0v) is 13.1. The lowest BCUT2D eigenvalue weighted by molar-refractivity contribution is 0.103. The van der Waals surface area contributed by atoms with E-state index in [4.69, 9.17) is 11.0 Å². The maximum atomic E-state index is 12.7. The first-order valence-electron chi connectivity index (χ1n) is 7.78. The second kappa shape index (κ2) is 7.06. The van der Waals surface area contributed by atoms with E-state index in [0.717, 1.165) is 38.4 Å². The van der Waals surface area contributed by atoms with Crippen LogP contribution in [0.5, 0.6) is 0 Å². The van der Waals surface area contributed by atoms with Crippen molar-refractivity contribution in [1.29, 1.82) is 5.26 Å². The molecule has 0 amide bonds. The molecule has 0 atom stereocenters. The SMILES string of the molecule is N#Cc1cnc([NH])c(C(=O)c2cccc(N3CCCNCC3)n2)c1. The molecule has 0 saturated carbocycles. The van der Waals surface area contributed by atoms with Gasteiger partial charge in [0.25, 0.3) is 0 Å². The van der Waals surface area contributed by atoms with Crippen LogP contribution in [0.25, 0.3) is 0 Å². The molecule has 0 aliphatic carbocycles. The molecule has 1 aliphatic heterocycles. The third-order valence-corrected chi connectivity index (χ3v) is 3.89. The van der Waals surface area contributed by atoms with E-state index in [1.54, 1.807) is 12.1 Å². The number of nitrogens with zero attached hydrogens (tertiary/aromatic N) is 4. The molecular formula is C17H17N6O. The molecule has 1 radical (unpaired) electrons. The van der Waals surface area contributed by atoms with Gasteiger partial charge in [-0.3, -0.25) is 10.5 Å². The molecule has 2 aromatic heterocycles. The minimum atomic E-state index is -0.389. The molecule has 0 bridgehead atoms. The maximum absolute atomic E-state index is 12.7. The predicted octanol–water partition coefficient (Wildman–Crippen LogP) is 1.29. The van der Waals surface area contributed by atoms with Gasteiger partial charge in [-0.15, -0.1) is 0 Å². The molecule has 1 saturated heterocycles. The average molecular weight is 321 g/mol. The van der Waals surface area contributed by atoms with Crippen molar-refractivity contribution in [3.63, 3.8) is 0 Å². The first-order chi connectivity index (χ1) is 11.7. The molecule has 0 aromatic carbocycles. The van der Waals surface area contributed by atoms with Crippen molar-refractivity contribution < 1.29 is 4.79 Å². The monoisotopic (exact) mass is 321 g/mol. The topological polar surface area (TPSA) is 106 Å². The lowest BCUT2D eigenvalue weighted by atomic mass is 10.1. The molecule has 121 valence electrons. The van der Waals surface area contributed by atoms with E-state index in [9.17, 15) is 4.79 Å². The molecule has 0 unspecified atom stereocenters. The smallest absolute Gasteiger partial charge is 0.215 e. The summed E-state index contributed by atoms with van der Waals surface area (Å²) in [6.07, 6.45) is 2.30. The Bertz CT molecular complexity index is 790. The van der Waals surface area contributed by atoms with Gasteiger partial charge in [0.05, 0.1) is 11.1 Å². The standard InChI is InChI=1S/C17H17N6O/c18-10-12-9-13(17(19)21-11-12)16(24)14-3-1-4-15(22-14)23-7-2-5-20-6-8-23/h1,3-4,9,11,19-20H,2,5-8H2. The van der Waals surface area contributed by atoms with Crippen molar-refractivity contribution in [2.24, 2.45) is 0 Å². The summed E-state index contributed by atoms with van der Waals surface area (Å²) in [6.45, 7) is 3.57. The summed E-state index contributed by atoms with van der Waals surface area (Å²) < 4.78 is 0. The summed E-state index contributed by atoms with van der Waals surface area (Å²) in [5.74, 6) is 0.213. The van der Waals surface area contributed by atoms with Crippen LogP contribution in [0.2, 0.25) is 0 Å². The summed E-state index contributed by atoms with van der Waals surface area (Å²) in [4.78, 5) is 23.1. The summed E-state index contributed by atoms with van der Waals surface area (Å²) >= 11 is 0. The number of nitriles is 1. The van der Waals surface area contributed by atoms with E-state index in [2.05, 4.69) is 20.2 Å². The van der Waals surface area contributed by atoms with Crippen LogP contribution >= 0.6 is 0 Å². The lowest BCUT2D eigenvalue weighted by Crippen LogP contribution is -2.28. The number of carbonyl (C=O) groups excluding carboxylic acids is 1. The molecule has 7 nitrogen and oxygen atoms in total. The van der Waals surface area contributed by atoms with E-state index in [-0.39, 0.29) is 28.4 Å². The number of hydrogen-bond donors (Lipinski definition) is 1. The molecule has 7 heteroatoms. The number of anilines is 1. The van der Waals surface area contributed by atoms with Crippen molar-refractivity contribution in [3.05, 3.63) is 47.3 Å². The van der Waals surface area contributed by atoms with Gasteiger partial charge in [-0.1, -0.05) is 6.07 Å². The molecule has 0 spiro atoms. The van der Waals surface area contributed by atoms with Crippen molar-refractivity contribution in [3.8, 4) is 6.07 Å². The summed E-state index contributed by atoms with van der Waals surface area (Å²) in [6, 6.07) is 8.63. The minimum Gasteiger partial charge on any atom is -0.355 e. The molecule has 1 aliphatic rings. The fraction of sp³-hybridized carbons (Fsp3) is 0.294. The quantitative estimate of drug-likeness (QED) is 0.854. The lowest BCUT2D eigenvalue weighted by Gasteiger charge is -2.21. The van der Waals surface area contributed by atoms with Gasteiger partial charge in [-0.25, -0.2) is 9.97 Å². The summed E-state index contributed by atoms with van der Waals surface area (Å²) in [5, 5.41) is 12.3. The highest BCUT2D eigenvalue weighted by atomic mass is 16.1. The Balaban J connectivity index is 1.91. The van der Waals surface area contributed by atoms with Gasteiger partial charge in [0.1, 0.15) is 17.6 Å². The fourth-order valence-electron chi connectivity index (χ4n) is 2.64. The van der Waals surface area contributed by atoms with Crippen LogP contribution in [0.4, 0.5) is 11.6 Å². The van der Waals surface area contributed by atoms with Gasteiger partial charge < -0.3 is 10.2 Å². The van der Waals surface area contributed by atoms with Crippen LogP contribution in [0.15, 0.2) is 30.5 Å². The number of carbonyl (C=O) groups is 1. The zero-order chi connectivity index (χ0) is 16.9. The maximum Gasteiger partial charge on any atom is 0.215 e. The van der Waals surface area contributed by atoms with Crippen LogP contribution in [-0.4, -0.2) is 41.9 Å². The second-order valence-electron chi connectivity index (χ2n) is 5.53. The van der Waals surface area contributed by atoms with Gasteiger partial charge in [0.15, 0.2) is 5.82 Å². The Hall–Kier alpha value is -2.98. The van der Waals surface area contributed by atoms with E-state index < -0.39 is 0 Å². The van der Waals surface area contributed by atoms with Crippen LogP contribution in [-0.2, 0) is 0 Å². The number of ketones is 1. The van der Waals surface area contributed by atoms with Crippen molar-refractivity contribution >= 4 is 17.4 Å². The van der Waals surface area contributed by atoms with E-state index in [1.807, 2.05) is 12.1 Å². The molecule has 3 heterocycles. The Labute approximate surface area is 140 Å².